The van der Waals surface area contributed by atoms with Crippen LogP contribution in [0.5, 0.6) is 0 Å². The third-order valence-electron chi connectivity index (χ3n) is 3.85. The first-order valence-corrected chi connectivity index (χ1v) is 7.46. The molecular formula is C15H30N2O2. The topological polar surface area (TPSA) is 55.6 Å². The van der Waals surface area contributed by atoms with Crippen LogP contribution in [0.4, 0.5) is 4.79 Å². The highest BCUT2D eigenvalue weighted by molar-refractivity contribution is 5.68. The van der Waals surface area contributed by atoms with E-state index in [-0.39, 0.29) is 12.1 Å². The molecule has 0 saturated carbocycles. The lowest BCUT2D eigenvalue weighted by Gasteiger charge is -2.25. The molecule has 112 valence electrons. The first kappa shape index (κ1) is 16.3. The second-order valence-electron chi connectivity index (χ2n) is 6.89. The predicted octanol–water partition coefficient (Wildman–Crippen LogP) is 3.01. The predicted molar refractivity (Wildman–Crippen MR) is 78.0 cm³/mol. The zero-order chi connectivity index (χ0) is 14.6. The number of hydrogen-bond acceptors (Lipinski definition) is 3. The molecule has 1 fully saturated rings. The standard InChI is InChI=1S/C15H30N2O2/c1-6-11(2)9-13(16)12-7-8-17(10-12)14(18)19-15(3,4)5/h11-13H,6-10,16H2,1-5H3. The van der Waals surface area contributed by atoms with Gasteiger partial charge in [-0.3, -0.25) is 0 Å². The summed E-state index contributed by atoms with van der Waals surface area (Å²) in [6.45, 7) is 11.6. The zero-order valence-corrected chi connectivity index (χ0v) is 13.1. The van der Waals surface area contributed by atoms with Crippen molar-refractivity contribution in [3.63, 3.8) is 0 Å². The van der Waals surface area contributed by atoms with Crippen LogP contribution in [0.1, 0.15) is 53.9 Å². The van der Waals surface area contributed by atoms with E-state index in [1.54, 1.807) is 4.90 Å². The molecule has 0 bridgehead atoms. The molecule has 19 heavy (non-hydrogen) atoms. The molecule has 3 unspecified atom stereocenters. The molecule has 1 heterocycles. The number of likely N-dealkylation sites (tertiary alicyclic amines) is 1. The lowest BCUT2D eigenvalue weighted by molar-refractivity contribution is 0.0286. The minimum atomic E-state index is -0.423. The summed E-state index contributed by atoms with van der Waals surface area (Å²) in [6.07, 6.45) is 3.00. The van der Waals surface area contributed by atoms with Crippen molar-refractivity contribution in [1.82, 2.24) is 4.90 Å². The number of amides is 1. The average Bonchev–Trinajstić information content (AvgIpc) is 2.75. The highest BCUT2D eigenvalue weighted by Gasteiger charge is 2.32. The van der Waals surface area contributed by atoms with Crippen molar-refractivity contribution in [2.45, 2.75) is 65.5 Å². The molecule has 0 aromatic rings. The van der Waals surface area contributed by atoms with Crippen LogP contribution in [-0.4, -0.2) is 35.7 Å². The van der Waals surface area contributed by atoms with Crippen LogP contribution in [0.3, 0.4) is 0 Å². The van der Waals surface area contributed by atoms with Crippen molar-refractivity contribution in [2.24, 2.45) is 17.6 Å². The molecule has 0 spiro atoms. The maximum absolute atomic E-state index is 12.0. The summed E-state index contributed by atoms with van der Waals surface area (Å²) in [5.74, 6) is 1.08. The quantitative estimate of drug-likeness (QED) is 0.854. The van der Waals surface area contributed by atoms with Crippen molar-refractivity contribution < 1.29 is 9.53 Å². The molecule has 0 aromatic heterocycles. The van der Waals surface area contributed by atoms with Gasteiger partial charge in [0.05, 0.1) is 0 Å². The number of rotatable bonds is 4. The molecule has 0 radical (unpaired) electrons. The van der Waals surface area contributed by atoms with Gasteiger partial charge in [0.1, 0.15) is 5.60 Å². The molecule has 1 rings (SSSR count). The SMILES string of the molecule is CCC(C)CC(N)C1CCN(C(=O)OC(C)(C)C)C1. The van der Waals surface area contributed by atoms with Gasteiger partial charge >= 0.3 is 6.09 Å². The number of carbonyl (C=O) groups excluding carboxylic acids is 1. The second kappa shape index (κ2) is 6.60. The van der Waals surface area contributed by atoms with Crippen LogP contribution < -0.4 is 5.73 Å². The van der Waals surface area contributed by atoms with Gasteiger partial charge in [0.2, 0.25) is 0 Å². The number of carbonyl (C=O) groups is 1. The van der Waals surface area contributed by atoms with Crippen LogP contribution in [0.2, 0.25) is 0 Å². The highest BCUT2D eigenvalue weighted by atomic mass is 16.6. The van der Waals surface area contributed by atoms with Crippen molar-refractivity contribution >= 4 is 6.09 Å². The second-order valence-corrected chi connectivity index (χ2v) is 6.89. The molecule has 4 nitrogen and oxygen atoms in total. The van der Waals surface area contributed by atoms with Gasteiger partial charge in [0.15, 0.2) is 0 Å². The minimum Gasteiger partial charge on any atom is -0.444 e. The normalized spacial score (nSPS) is 23.3. The number of hydrogen-bond donors (Lipinski definition) is 1. The van der Waals surface area contributed by atoms with Gasteiger partial charge in [-0.1, -0.05) is 20.3 Å². The summed E-state index contributed by atoms with van der Waals surface area (Å²) >= 11 is 0. The van der Waals surface area contributed by atoms with Crippen molar-refractivity contribution in [3.8, 4) is 0 Å². The van der Waals surface area contributed by atoms with Crippen LogP contribution in [0.15, 0.2) is 0 Å². The Labute approximate surface area is 117 Å². The highest BCUT2D eigenvalue weighted by Crippen LogP contribution is 2.24. The molecule has 0 aliphatic carbocycles. The first-order valence-electron chi connectivity index (χ1n) is 7.46. The lowest BCUT2D eigenvalue weighted by Crippen LogP contribution is -2.38. The van der Waals surface area contributed by atoms with Gasteiger partial charge in [-0.15, -0.1) is 0 Å². The third kappa shape index (κ3) is 5.39. The van der Waals surface area contributed by atoms with E-state index in [2.05, 4.69) is 13.8 Å². The molecule has 2 N–H and O–H groups in total. The average molecular weight is 270 g/mol. The molecule has 3 atom stereocenters. The fourth-order valence-corrected chi connectivity index (χ4v) is 2.45. The van der Waals surface area contributed by atoms with E-state index in [4.69, 9.17) is 10.5 Å². The van der Waals surface area contributed by atoms with Crippen LogP contribution in [-0.2, 0) is 4.74 Å². The first-order chi connectivity index (χ1) is 8.73. The fraction of sp³-hybridized carbons (Fsp3) is 0.933. The maximum Gasteiger partial charge on any atom is 0.410 e. The maximum atomic E-state index is 12.0. The van der Waals surface area contributed by atoms with Gasteiger partial charge in [-0.2, -0.15) is 0 Å². The Morgan fingerprint density at radius 2 is 2.11 bits per heavy atom. The van der Waals surface area contributed by atoms with Gasteiger partial charge in [-0.05, 0) is 45.4 Å². The van der Waals surface area contributed by atoms with E-state index in [0.29, 0.717) is 11.8 Å². The smallest absolute Gasteiger partial charge is 0.410 e. The summed E-state index contributed by atoms with van der Waals surface area (Å²) in [6, 6.07) is 0.197. The molecule has 1 aliphatic heterocycles. The molecular weight excluding hydrogens is 240 g/mol. The fourth-order valence-electron chi connectivity index (χ4n) is 2.45. The van der Waals surface area contributed by atoms with Gasteiger partial charge in [0.25, 0.3) is 0 Å². The van der Waals surface area contributed by atoms with Gasteiger partial charge in [-0.25, -0.2) is 4.79 Å². The summed E-state index contributed by atoms with van der Waals surface area (Å²) in [5.41, 5.74) is 5.84. The van der Waals surface area contributed by atoms with Crippen LogP contribution in [0.25, 0.3) is 0 Å². The van der Waals surface area contributed by atoms with E-state index >= 15 is 0 Å². The third-order valence-corrected chi connectivity index (χ3v) is 3.85. The van der Waals surface area contributed by atoms with Crippen molar-refractivity contribution in [2.75, 3.05) is 13.1 Å². The van der Waals surface area contributed by atoms with Gasteiger partial charge in [0, 0.05) is 19.1 Å². The van der Waals surface area contributed by atoms with Crippen molar-refractivity contribution in [3.05, 3.63) is 0 Å². The lowest BCUT2D eigenvalue weighted by atomic mass is 9.90. The zero-order valence-electron chi connectivity index (χ0n) is 13.1. The Kier molecular flexibility index (Phi) is 5.65. The summed E-state index contributed by atoms with van der Waals surface area (Å²) < 4.78 is 5.40. The molecule has 1 amide bonds. The van der Waals surface area contributed by atoms with E-state index in [1.807, 2.05) is 20.8 Å². The Morgan fingerprint density at radius 3 is 2.63 bits per heavy atom. The molecule has 1 aliphatic rings. The van der Waals surface area contributed by atoms with Crippen molar-refractivity contribution in [1.29, 1.82) is 0 Å². The number of ether oxygens (including phenoxy) is 1. The monoisotopic (exact) mass is 270 g/mol. The summed E-state index contributed by atoms with van der Waals surface area (Å²) in [7, 11) is 0. The largest absolute Gasteiger partial charge is 0.444 e. The summed E-state index contributed by atoms with van der Waals surface area (Å²) in [5, 5.41) is 0. The Balaban J connectivity index is 2.43. The Bertz CT molecular complexity index is 299. The minimum absolute atomic E-state index is 0.197. The van der Waals surface area contributed by atoms with Gasteiger partial charge < -0.3 is 15.4 Å². The molecule has 1 saturated heterocycles. The number of nitrogens with zero attached hydrogens (tertiary/aromatic N) is 1. The van der Waals surface area contributed by atoms with Crippen LogP contribution >= 0.6 is 0 Å². The molecule has 0 aromatic carbocycles. The van der Waals surface area contributed by atoms with E-state index in [9.17, 15) is 4.79 Å². The Morgan fingerprint density at radius 1 is 1.47 bits per heavy atom. The van der Waals surface area contributed by atoms with E-state index < -0.39 is 5.60 Å². The van der Waals surface area contributed by atoms with Crippen LogP contribution in [0, 0.1) is 11.8 Å². The number of nitrogens with two attached hydrogens (primary N) is 1. The summed E-state index contributed by atoms with van der Waals surface area (Å²) in [4.78, 5) is 13.8. The Hall–Kier alpha value is -0.770. The molecule has 4 heteroatoms. The van der Waals surface area contributed by atoms with E-state index in [1.165, 1.54) is 0 Å². The van der Waals surface area contributed by atoms with E-state index in [0.717, 1.165) is 32.4 Å².